The van der Waals surface area contributed by atoms with Crippen LogP contribution in [0.15, 0.2) is 34.7 Å². The van der Waals surface area contributed by atoms with E-state index in [1.54, 1.807) is 0 Å². The van der Waals surface area contributed by atoms with Gasteiger partial charge in [0.15, 0.2) is 0 Å². The van der Waals surface area contributed by atoms with Gasteiger partial charge in [-0.1, -0.05) is 30.3 Å². The highest BCUT2D eigenvalue weighted by Gasteiger charge is 2.03. The molecule has 0 saturated heterocycles. The van der Waals surface area contributed by atoms with Crippen LogP contribution < -0.4 is 5.32 Å². The summed E-state index contributed by atoms with van der Waals surface area (Å²) >= 11 is 0. The Kier molecular flexibility index (Phi) is 2.72. The zero-order valence-corrected chi connectivity index (χ0v) is 8.95. The van der Waals surface area contributed by atoms with E-state index in [9.17, 15) is 0 Å². The van der Waals surface area contributed by atoms with Crippen molar-refractivity contribution in [3.8, 4) is 0 Å². The lowest BCUT2D eigenvalue weighted by Gasteiger charge is -2.00. The number of nitrogens with one attached hydrogen (secondary N) is 1. The van der Waals surface area contributed by atoms with E-state index in [2.05, 4.69) is 22.4 Å². The van der Waals surface area contributed by atoms with Gasteiger partial charge in [0.05, 0.1) is 5.69 Å². The summed E-state index contributed by atoms with van der Waals surface area (Å²) in [6.07, 6.45) is 0. The molecule has 78 valence electrons. The number of aryl methyl sites for hydroxylation is 2. The molecule has 2 rings (SSSR count). The van der Waals surface area contributed by atoms with E-state index < -0.39 is 0 Å². The lowest BCUT2D eigenvalue weighted by Crippen LogP contribution is -1.98. The van der Waals surface area contributed by atoms with Crippen LogP contribution in [0.25, 0.3) is 0 Å². The van der Waals surface area contributed by atoms with Gasteiger partial charge in [0, 0.05) is 6.54 Å². The molecule has 0 saturated carbocycles. The van der Waals surface area contributed by atoms with Crippen LogP contribution >= 0.6 is 0 Å². The summed E-state index contributed by atoms with van der Waals surface area (Å²) in [5.41, 5.74) is 2.15. The number of anilines is 1. The Hall–Kier alpha value is -1.77. The molecule has 1 heterocycles. The Morgan fingerprint density at radius 1 is 1.20 bits per heavy atom. The molecule has 3 heteroatoms. The molecule has 1 aromatic carbocycles. The van der Waals surface area contributed by atoms with E-state index in [4.69, 9.17) is 4.42 Å². The Labute approximate surface area is 89.1 Å². The largest absolute Gasteiger partial charge is 0.429 e. The molecule has 0 aliphatic heterocycles. The van der Waals surface area contributed by atoms with Crippen molar-refractivity contribution in [2.75, 3.05) is 5.32 Å². The van der Waals surface area contributed by atoms with Gasteiger partial charge < -0.3 is 9.73 Å². The minimum absolute atomic E-state index is 0.592. The van der Waals surface area contributed by atoms with Crippen molar-refractivity contribution in [2.24, 2.45) is 0 Å². The summed E-state index contributed by atoms with van der Waals surface area (Å²) in [5.74, 6) is 0.866. The second kappa shape index (κ2) is 4.17. The standard InChI is InChI=1S/C12H14N2O/c1-9-10(2)15-12(14-9)13-8-11-6-4-3-5-7-11/h3-7H,8H2,1-2H3,(H,13,14). The van der Waals surface area contributed by atoms with Crippen LogP contribution in [0.3, 0.4) is 0 Å². The summed E-state index contributed by atoms with van der Waals surface area (Å²) < 4.78 is 5.41. The first-order valence-corrected chi connectivity index (χ1v) is 4.97. The van der Waals surface area contributed by atoms with Crippen LogP contribution in [0.5, 0.6) is 0 Å². The van der Waals surface area contributed by atoms with Gasteiger partial charge in [-0.05, 0) is 19.4 Å². The van der Waals surface area contributed by atoms with Crippen LogP contribution in [-0.2, 0) is 6.54 Å². The van der Waals surface area contributed by atoms with Crippen molar-refractivity contribution in [3.63, 3.8) is 0 Å². The molecule has 0 aliphatic rings. The first kappa shape index (κ1) is 9.77. The van der Waals surface area contributed by atoms with Gasteiger partial charge >= 0.3 is 0 Å². The molecule has 0 radical (unpaired) electrons. The van der Waals surface area contributed by atoms with Crippen molar-refractivity contribution < 1.29 is 4.42 Å². The van der Waals surface area contributed by atoms with E-state index in [-0.39, 0.29) is 0 Å². The molecule has 1 N–H and O–H groups in total. The van der Waals surface area contributed by atoms with Crippen molar-refractivity contribution in [3.05, 3.63) is 47.3 Å². The van der Waals surface area contributed by atoms with Gasteiger partial charge in [-0.3, -0.25) is 0 Å². The summed E-state index contributed by atoms with van der Waals surface area (Å²) in [6.45, 7) is 4.59. The summed E-state index contributed by atoms with van der Waals surface area (Å²) in [5, 5.41) is 3.14. The van der Waals surface area contributed by atoms with Crippen molar-refractivity contribution in [2.45, 2.75) is 20.4 Å². The predicted molar refractivity (Wildman–Crippen MR) is 59.7 cm³/mol. The van der Waals surface area contributed by atoms with Gasteiger partial charge in [0.25, 0.3) is 6.01 Å². The molecule has 0 spiro atoms. The monoisotopic (exact) mass is 202 g/mol. The molecule has 2 aromatic rings. The molecule has 0 fully saturated rings. The quantitative estimate of drug-likeness (QED) is 0.831. The summed E-state index contributed by atoms with van der Waals surface area (Å²) in [7, 11) is 0. The fourth-order valence-electron chi connectivity index (χ4n) is 1.32. The smallest absolute Gasteiger partial charge is 0.295 e. The van der Waals surface area contributed by atoms with Crippen molar-refractivity contribution in [1.29, 1.82) is 0 Å². The lowest BCUT2D eigenvalue weighted by atomic mass is 10.2. The number of rotatable bonds is 3. The zero-order valence-electron chi connectivity index (χ0n) is 8.95. The second-order valence-electron chi connectivity index (χ2n) is 3.50. The Balaban J connectivity index is 1.99. The molecule has 0 aliphatic carbocycles. The van der Waals surface area contributed by atoms with Crippen molar-refractivity contribution in [1.82, 2.24) is 4.98 Å². The Morgan fingerprint density at radius 2 is 1.93 bits per heavy atom. The third-order valence-corrected chi connectivity index (χ3v) is 2.32. The van der Waals surface area contributed by atoms with E-state index in [1.807, 2.05) is 32.0 Å². The first-order valence-electron chi connectivity index (χ1n) is 4.97. The van der Waals surface area contributed by atoms with Crippen LogP contribution in [0.4, 0.5) is 6.01 Å². The number of oxazole rings is 1. The lowest BCUT2D eigenvalue weighted by molar-refractivity contribution is 0.538. The highest BCUT2D eigenvalue weighted by atomic mass is 16.4. The van der Waals surface area contributed by atoms with Crippen LogP contribution in [0, 0.1) is 13.8 Å². The van der Waals surface area contributed by atoms with E-state index in [1.165, 1.54) is 5.56 Å². The van der Waals surface area contributed by atoms with E-state index >= 15 is 0 Å². The molecule has 3 nitrogen and oxygen atoms in total. The minimum Gasteiger partial charge on any atom is -0.429 e. The third kappa shape index (κ3) is 2.37. The number of hydrogen-bond donors (Lipinski definition) is 1. The van der Waals surface area contributed by atoms with Gasteiger partial charge in [-0.25, -0.2) is 0 Å². The summed E-state index contributed by atoms with van der Waals surface area (Å²) in [6, 6.07) is 10.8. The summed E-state index contributed by atoms with van der Waals surface area (Å²) in [4.78, 5) is 4.25. The maximum atomic E-state index is 5.41. The van der Waals surface area contributed by atoms with Gasteiger partial charge in [0.2, 0.25) is 0 Å². The van der Waals surface area contributed by atoms with Crippen LogP contribution in [-0.4, -0.2) is 4.98 Å². The molecule has 0 atom stereocenters. The molecule has 0 unspecified atom stereocenters. The predicted octanol–water partition coefficient (Wildman–Crippen LogP) is 2.90. The number of benzene rings is 1. The Bertz CT molecular complexity index is 415. The normalized spacial score (nSPS) is 10.3. The molecule has 0 amide bonds. The number of nitrogens with zero attached hydrogens (tertiary/aromatic N) is 1. The molecule has 0 bridgehead atoms. The maximum absolute atomic E-state index is 5.41. The molecular weight excluding hydrogens is 188 g/mol. The van der Waals surface area contributed by atoms with Crippen LogP contribution in [0.1, 0.15) is 17.0 Å². The van der Waals surface area contributed by atoms with Crippen LogP contribution in [0.2, 0.25) is 0 Å². The van der Waals surface area contributed by atoms with E-state index in [0.29, 0.717) is 6.01 Å². The fraction of sp³-hybridized carbons (Fsp3) is 0.250. The third-order valence-electron chi connectivity index (χ3n) is 2.32. The SMILES string of the molecule is Cc1nc(NCc2ccccc2)oc1C. The molecule has 1 aromatic heterocycles. The van der Waals surface area contributed by atoms with Gasteiger partial charge in [-0.2, -0.15) is 4.98 Å². The molecular formula is C12H14N2O. The minimum atomic E-state index is 0.592. The first-order chi connectivity index (χ1) is 7.25. The maximum Gasteiger partial charge on any atom is 0.295 e. The highest BCUT2D eigenvalue weighted by molar-refractivity contribution is 5.27. The highest BCUT2D eigenvalue weighted by Crippen LogP contribution is 2.13. The average Bonchev–Trinajstić information content (AvgIpc) is 2.57. The number of aromatic nitrogens is 1. The van der Waals surface area contributed by atoms with Gasteiger partial charge in [-0.15, -0.1) is 0 Å². The van der Waals surface area contributed by atoms with Gasteiger partial charge in [0.1, 0.15) is 5.76 Å². The zero-order chi connectivity index (χ0) is 10.7. The molecule has 15 heavy (non-hydrogen) atoms. The Morgan fingerprint density at radius 3 is 2.53 bits per heavy atom. The second-order valence-corrected chi connectivity index (χ2v) is 3.50. The topological polar surface area (TPSA) is 38.1 Å². The fourth-order valence-corrected chi connectivity index (χ4v) is 1.32. The number of hydrogen-bond acceptors (Lipinski definition) is 3. The average molecular weight is 202 g/mol. The van der Waals surface area contributed by atoms with Crippen molar-refractivity contribution >= 4 is 6.01 Å². The van der Waals surface area contributed by atoms with E-state index in [0.717, 1.165) is 18.0 Å².